The van der Waals surface area contributed by atoms with Crippen LogP contribution >= 0.6 is 7.75 Å². The second-order valence-corrected chi connectivity index (χ2v) is 7.00. The third-order valence-corrected chi connectivity index (χ3v) is 4.17. The lowest BCUT2D eigenvalue weighted by Crippen LogP contribution is -2.27. The predicted molar refractivity (Wildman–Crippen MR) is 85.3 cm³/mol. The van der Waals surface area contributed by atoms with E-state index in [1.807, 2.05) is 32.8 Å². The van der Waals surface area contributed by atoms with Crippen molar-refractivity contribution in [3.05, 3.63) is 0 Å². The molecular formula is C14H31N2O3P. The van der Waals surface area contributed by atoms with Gasteiger partial charge in [0.25, 0.3) is 0 Å². The molecule has 0 radical (unpaired) electrons. The molecule has 0 amide bonds. The van der Waals surface area contributed by atoms with Gasteiger partial charge in [-0.3, -0.25) is 9.05 Å². The molecule has 0 atom stereocenters. The van der Waals surface area contributed by atoms with Gasteiger partial charge >= 0.3 is 7.75 Å². The first kappa shape index (κ1) is 19.6. The highest BCUT2D eigenvalue weighted by molar-refractivity contribution is 7.52. The lowest BCUT2D eigenvalue weighted by Gasteiger charge is -2.22. The normalized spacial score (nSPS) is 13.1. The van der Waals surface area contributed by atoms with E-state index in [1.54, 1.807) is 0 Å². The van der Waals surface area contributed by atoms with Gasteiger partial charge in [0.15, 0.2) is 0 Å². The Kier molecular flexibility index (Phi) is 10.2. The van der Waals surface area contributed by atoms with Gasteiger partial charge < -0.3 is 4.90 Å². The summed E-state index contributed by atoms with van der Waals surface area (Å²) >= 11 is 0. The highest BCUT2D eigenvalue weighted by atomic mass is 31.2. The van der Waals surface area contributed by atoms with Crippen LogP contribution < -0.4 is 0 Å². The number of nitrogens with zero attached hydrogens (tertiary/aromatic N) is 2. The maximum Gasteiger partial charge on any atom is 0.455 e. The smallest absolute Gasteiger partial charge is 0.366 e. The zero-order valence-electron chi connectivity index (χ0n) is 13.9. The first-order valence-corrected chi connectivity index (χ1v) is 9.02. The van der Waals surface area contributed by atoms with Crippen LogP contribution in [0.4, 0.5) is 0 Å². The van der Waals surface area contributed by atoms with Crippen LogP contribution in [0.1, 0.15) is 53.4 Å². The summed E-state index contributed by atoms with van der Waals surface area (Å²) in [6.45, 7) is 9.00. The van der Waals surface area contributed by atoms with Crippen molar-refractivity contribution in [2.24, 2.45) is 10.7 Å². The first-order chi connectivity index (χ1) is 9.36. The number of hydrogen-bond acceptors (Lipinski definition) is 3. The molecule has 20 heavy (non-hydrogen) atoms. The van der Waals surface area contributed by atoms with E-state index in [2.05, 4.69) is 18.6 Å². The van der Waals surface area contributed by atoms with Crippen LogP contribution in [0.3, 0.4) is 0 Å². The quantitative estimate of drug-likeness (QED) is 0.261. The Bertz CT molecular complexity index is 306. The zero-order valence-corrected chi connectivity index (χ0v) is 14.8. The summed E-state index contributed by atoms with van der Waals surface area (Å²) in [5, 5.41) is 0. The minimum atomic E-state index is -3.40. The molecule has 0 fully saturated rings. The topological polar surface area (TPSA) is 51.1 Å². The van der Waals surface area contributed by atoms with Gasteiger partial charge in [0.1, 0.15) is 5.84 Å². The second-order valence-electron chi connectivity index (χ2n) is 5.35. The summed E-state index contributed by atoms with van der Waals surface area (Å²) in [4.78, 5) is 1.86. The third kappa shape index (κ3) is 8.03. The molecule has 0 heterocycles. The van der Waals surface area contributed by atoms with Gasteiger partial charge in [0, 0.05) is 20.0 Å². The van der Waals surface area contributed by atoms with Crippen LogP contribution in [0, 0.1) is 5.92 Å². The Balaban J connectivity index is 4.97. The molecule has 0 aromatic carbocycles. The summed E-state index contributed by atoms with van der Waals surface area (Å²) < 4.78 is 28.0. The van der Waals surface area contributed by atoms with Crippen molar-refractivity contribution in [1.82, 2.24) is 4.90 Å². The van der Waals surface area contributed by atoms with E-state index < -0.39 is 7.75 Å². The molecule has 0 saturated carbocycles. The molecule has 0 bridgehead atoms. The van der Waals surface area contributed by atoms with Gasteiger partial charge in [-0.2, -0.15) is 4.76 Å². The number of hydrogen-bond donors (Lipinski definition) is 0. The first-order valence-electron chi connectivity index (χ1n) is 7.52. The SMILES string of the molecule is CCCCOP(=O)(/N=C(\C(C)C)N(C)C)OCCCC. The molecule has 0 rings (SSSR count). The van der Waals surface area contributed by atoms with Gasteiger partial charge in [-0.25, -0.2) is 4.57 Å². The van der Waals surface area contributed by atoms with Crippen molar-refractivity contribution in [2.75, 3.05) is 27.3 Å². The molecule has 0 aliphatic carbocycles. The van der Waals surface area contributed by atoms with Crippen LogP contribution in [0.5, 0.6) is 0 Å². The molecule has 0 unspecified atom stereocenters. The molecule has 0 N–H and O–H groups in total. The maximum atomic E-state index is 12.7. The van der Waals surface area contributed by atoms with Crippen molar-refractivity contribution in [2.45, 2.75) is 53.4 Å². The maximum absolute atomic E-state index is 12.7. The highest BCUT2D eigenvalue weighted by Gasteiger charge is 2.26. The average Bonchev–Trinajstić information content (AvgIpc) is 2.36. The van der Waals surface area contributed by atoms with Crippen molar-refractivity contribution in [3.8, 4) is 0 Å². The Labute approximate surface area is 124 Å². The Morgan fingerprint density at radius 2 is 1.55 bits per heavy atom. The summed E-state index contributed by atoms with van der Waals surface area (Å²) in [5.74, 6) is 0.907. The Hall–Kier alpha value is -0.380. The van der Waals surface area contributed by atoms with Gasteiger partial charge in [-0.1, -0.05) is 40.5 Å². The largest absolute Gasteiger partial charge is 0.455 e. The minimum absolute atomic E-state index is 0.169. The predicted octanol–water partition coefficient (Wildman–Crippen LogP) is 4.34. The van der Waals surface area contributed by atoms with Gasteiger partial charge in [0.05, 0.1) is 13.2 Å². The molecule has 120 valence electrons. The summed E-state index contributed by atoms with van der Waals surface area (Å²) in [7, 11) is 0.384. The molecule has 0 spiro atoms. The van der Waals surface area contributed by atoms with E-state index in [4.69, 9.17) is 9.05 Å². The van der Waals surface area contributed by atoms with Gasteiger partial charge in [-0.05, 0) is 12.8 Å². The van der Waals surface area contributed by atoms with E-state index in [9.17, 15) is 4.57 Å². The minimum Gasteiger partial charge on any atom is -0.366 e. The van der Waals surface area contributed by atoms with Crippen LogP contribution in [-0.2, 0) is 13.6 Å². The Morgan fingerprint density at radius 3 is 1.85 bits per heavy atom. The van der Waals surface area contributed by atoms with Gasteiger partial charge in [-0.15, -0.1) is 0 Å². The third-order valence-electron chi connectivity index (χ3n) is 2.70. The van der Waals surface area contributed by atoms with Crippen LogP contribution in [0.2, 0.25) is 0 Å². The van der Waals surface area contributed by atoms with Crippen molar-refractivity contribution >= 4 is 13.6 Å². The highest BCUT2D eigenvalue weighted by Crippen LogP contribution is 2.50. The van der Waals surface area contributed by atoms with Crippen LogP contribution in [-0.4, -0.2) is 38.0 Å². The molecule has 6 heteroatoms. The lowest BCUT2D eigenvalue weighted by atomic mass is 10.2. The number of rotatable bonds is 10. The van der Waals surface area contributed by atoms with E-state index in [0.717, 1.165) is 31.5 Å². The van der Waals surface area contributed by atoms with E-state index in [0.29, 0.717) is 13.2 Å². The van der Waals surface area contributed by atoms with E-state index >= 15 is 0 Å². The van der Waals surface area contributed by atoms with Crippen molar-refractivity contribution < 1.29 is 13.6 Å². The zero-order chi connectivity index (χ0) is 15.6. The number of amidine groups is 1. The summed E-state index contributed by atoms with van der Waals surface area (Å²) in [6, 6.07) is 0. The van der Waals surface area contributed by atoms with Crippen LogP contribution in [0.25, 0.3) is 0 Å². The summed E-state index contributed by atoms with van der Waals surface area (Å²) in [6.07, 6.45) is 3.69. The fourth-order valence-corrected chi connectivity index (χ4v) is 3.16. The summed E-state index contributed by atoms with van der Waals surface area (Å²) in [5.41, 5.74) is 0. The average molecular weight is 306 g/mol. The number of unbranched alkanes of at least 4 members (excludes halogenated alkanes) is 2. The van der Waals surface area contributed by atoms with Crippen molar-refractivity contribution in [3.63, 3.8) is 0 Å². The molecule has 5 nitrogen and oxygen atoms in total. The Morgan fingerprint density at radius 1 is 1.10 bits per heavy atom. The fraction of sp³-hybridized carbons (Fsp3) is 0.929. The lowest BCUT2D eigenvalue weighted by molar-refractivity contribution is 0.200. The molecule has 0 aliphatic rings. The molecule has 0 aromatic rings. The second kappa shape index (κ2) is 10.4. The van der Waals surface area contributed by atoms with E-state index in [1.165, 1.54) is 0 Å². The van der Waals surface area contributed by atoms with Crippen molar-refractivity contribution in [1.29, 1.82) is 0 Å². The molecule has 0 saturated heterocycles. The molecule has 0 aromatic heterocycles. The monoisotopic (exact) mass is 306 g/mol. The van der Waals surface area contributed by atoms with Gasteiger partial charge in [0.2, 0.25) is 0 Å². The molecule has 0 aliphatic heterocycles. The molecular weight excluding hydrogens is 275 g/mol. The fourth-order valence-electron chi connectivity index (χ4n) is 1.59. The van der Waals surface area contributed by atoms with E-state index in [-0.39, 0.29) is 5.92 Å². The van der Waals surface area contributed by atoms with Crippen LogP contribution in [0.15, 0.2) is 4.76 Å². The standard InChI is InChI=1S/C14H31N2O3P/c1-7-9-11-18-20(17,19-12-10-8-2)15-14(13(3)4)16(5)6/h13H,7-12H2,1-6H3/b15-14+.